The van der Waals surface area contributed by atoms with Crippen LogP contribution >= 0.6 is 22.7 Å². The Kier molecular flexibility index (Phi) is 4.78. The standard InChI is InChI=1S/C22H23N3OS2/c26-21-22(8-10-25(21)14-18-7-4-11-27-18)16-24(13-17-5-2-1-3-6-17)15-19(22)20-23-9-12-28-20/h1-7,9,11-12,19H,8,10,13-16H2/t19-,22+/m0/s1. The third-order valence-electron chi connectivity index (χ3n) is 6.08. The van der Waals surface area contributed by atoms with Gasteiger partial charge in [-0.1, -0.05) is 36.4 Å². The Hall–Kier alpha value is -2.02. The molecular weight excluding hydrogens is 386 g/mol. The van der Waals surface area contributed by atoms with Crippen LogP contribution in [0.15, 0.2) is 59.4 Å². The Morgan fingerprint density at radius 3 is 2.71 bits per heavy atom. The summed E-state index contributed by atoms with van der Waals surface area (Å²) in [6.07, 6.45) is 2.79. The van der Waals surface area contributed by atoms with E-state index in [2.05, 4.69) is 62.6 Å². The molecule has 2 aliphatic heterocycles. The Labute approximate surface area is 173 Å². The minimum atomic E-state index is -0.329. The van der Waals surface area contributed by atoms with E-state index in [1.165, 1.54) is 10.4 Å². The van der Waals surface area contributed by atoms with Gasteiger partial charge >= 0.3 is 0 Å². The van der Waals surface area contributed by atoms with Crippen LogP contribution in [-0.4, -0.2) is 40.3 Å². The van der Waals surface area contributed by atoms with E-state index in [0.29, 0.717) is 5.91 Å². The zero-order valence-corrected chi connectivity index (χ0v) is 17.3. The van der Waals surface area contributed by atoms with Crippen molar-refractivity contribution in [2.24, 2.45) is 5.41 Å². The molecule has 1 aromatic carbocycles. The van der Waals surface area contributed by atoms with Gasteiger partial charge in [0.05, 0.1) is 17.0 Å². The van der Waals surface area contributed by atoms with E-state index in [0.717, 1.165) is 44.2 Å². The maximum absolute atomic E-state index is 13.6. The van der Waals surface area contributed by atoms with Crippen molar-refractivity contribution in [2.45, 2.75) is 25.4 Å². The van der Waals surface area contributed by atoms with Crippen LogP contribution in [0.5, 0.6) is 0 Å². The van der Waals surface area contributed by atoms with Gasteiger partial charge in [0.25, 0.3) is 0 Å². The highest BCUT2D eigenvalue weighted by atomic mass is 32.1. The van der Waals surface area contributed by atoms with Crippen LogP contribution in [0.1, 0.15) is 27.8 Å². The van der Waals surface area contributed by atoms with Crippen LogP contribution in [-0.2, 0) is 17.9 Å². The molecule has 0 unspecified atom stereocenters. The molecule has 0 radical (unpaired) electrons. The summed E-state index contributed by atoms with van der Waals surface area (Å²) < 4.78 is 0. The second-order valence-corrected chi connectivity index (χ2v) is 9.75. The lowest BCUT2D eigenvalue weighted by atomic mass is 9.77. The first-order valence-electron chi connectivity index (χ1n) is 9.72. The van der Waals surface area contributed by atoms with E-state index >= 15 is 0 Å². The van der Waals surface area contributed by atoms with Crippen molar-refractivity contribution in [2.75, 3.05) is 19.6 Å². The van der Waals surface area contributed by atoms with Crippen molar-refractivity contribution in [3.05, 3.63) is 74.9 Å². The average molecular weight is 410 g/mol. The topological polar surface area (TPSA) is 36.4 Å². The molecule has 1 spiro atoms. The number of amides is 1. The Morgan fingerprint density at radius 2 is 1.96 bits per heavy atom. The molecule has 4 nitrogen and oxygen atoms in total. The second kappa shape index (κ2) is 7.43. The number of hydrogen-bond donors (Lipinski definition) is 0. The molecule has 28 heavy (non-hydrogen) atoms. The molecule has 6 heteroatoms. The molecule has 3 aromatic rings. The molecule has 2 saturated heterocycles. The van der Waals surface area contributed by atoms with E-state index in [-0.39, 0.29) is 11.3 Å². The molecule has 2 aromatic heterocycles. The summed E-state index contributed by atoms with van der Waals surface area (Å²) in [5, 5.41) is 5.23. The van der Waals surface area contributed by atoms with Crippen LogP contribution < -0.4 is 0 Å². The van der Waals surface area contributed by atoms with Gasteiger partial charge in [0, 0.05) is 48.6 Å². The summed E-state index contributed by atoms with van der Waals surface area (Å²) >= 11 is 3.42. The number of benzene rings is 1. The maximum atomic E-state index is 13.6. The first-order chi connectivity index (χ1) is 13.7. The number of likely N-dealkylation sites (tertiary alicyclic amines) is 2. The fraction of sp³-hybridized carbons (Fsp3) is 0.364. The molecule has 2 atom stereocenters. The van der Waals surface area contributed by atoms with Gasteiger partial charge in [-0.3, -0.25) is 9.69 Å². The molecule has 0 saturated carbocycles. The van der Waals surface area contributed by atoms with E-state index < -0.39 is 0 Å². The summed E-state index contributed by atoms with van der Waals surface area (Å²) in [5.74, 6) is 0.508. The smallest absolute Gasteiger partial charge is 0.231 e. The van der Waals surface area contributed by atoms with Gasteiger partial charge < -0.3 is 4.90 Å². The Bertz CT molecular complexity index is 926. The van der Waals surface area contributed by atoms with Gasteiger partial charge in [-0.25, -0.2) is 4.98 Å². The molecule has 2 fully saturated rings. The zero-order valence-electron chi connectivity index (χ0n) is 15.7. The minimum Gasteiger partial charge on any atom is -0.337 e. The highest BCUT2D eigenvalue weighted by molar-refractivity contribution is 7.10. The largest absolute Gasteiger partial charge is 0.337 e. The fourth-order valence-corrected chi connectivity index (χ4v) is 6.33. The van der Waals surface area contributed by atoms with Gasteiger partial charge in [0.2, 0.25) is 5.91 Å². The quantitative estimate of drug-likeness (QED) is 0.633. The number of thiazole rings is 1. The average Bonchev–Trinajstić information content (AvgIpc) is 3.49. The lowest BCUT2D eigenvalue weighted by Gasteiger charge is -2.27. The van der Waals surface area contributed by atoms with Crippen molar-refractivity contribution in [3.8, 4) is 0 Å². The summed E-state index contributed by atoms with van der Waals surface area (Å²) in [4.78, 5) is 24.0. The molecule has 0 N–H and O–H groups in total. The number of carbonyl (C=O) groups excluding carboxylic acids is 1. The number of rotatable bonds is 5. The molecule has 5 rings (SSSR count). The van der Waals surface area contributed by atoms with Crippen LogP contribution in [0.3, 0.4) is 0 Å². The first kappa shape index (κ1) is 18.0. The molecule has 2 aliphatic rings. The number of carbonyl (C=O) groups is 1. The van der Waals surface area contributed by atoms with Gasteiger partial charge in [-0.2, -0.15) is 0 Å². The van der Waals surface area contributed by atoms with Crippen molar-refractivity contribution < 1.29 is 4.79 Å². The highest BCUT2D eigenvalue weighted by Crippen LogP contribution is 2.50. The number of hydrogen-bond acceptors (Lipinski definition) is 5. The van der Waals surface area contributed by atoms with E-state index in [1.807, 2.05) is 11.6 Å². The lowest BCUT2D eigenvalue weighted by molar-refractivity contribution is -0.136. The van der Waals surface area contributed by atoms with Crippen LogP contribution in [0.2, 0.25) is 0 Å². The summed E-state index contributed by atoms with van der Waals surface area (Å²) in [6.45, 7) is 4.20. The summed E-state index contributed by atoms with van der Waals surface area (Å²) in [7, 11) is 0. The van der Waals surface area contributed by atoms with Crippen molar-refractivity contribution in [3.63, 3.8) is 0 Å². The van der Waals surface area contributed by atoms with E-state index in [4.69, 9.17) is 0 Å². The SMILES string of the molecule is O=C1N(Cc2cccs2)CC[C@]12CN(Cc1ccccc1)C[C@H]2c1nccs1. The van der Waals surface area contributed by atoms with E-state index in [1.54, 1.807) is 22.7 Å². The second-order valence-electron chi connectivity index (χ2n) is 7.79. The first-order valence-corrected chi connectivity index (χ1v) is 11.5. The zero-order chi connectivity index (χ0) is 19.0. The lowest BCUT2D eigenvalue weighted by Crippen LogP contribution is -2.39. The van der Waals surface area contributed by atoms with Gasteiger partial charge in [-0.15, -0.1) is 22.7 Å². The van der Waals surface area contributed by atoms with Crippen LogP contribution in [0.4, 0.5) is 0 Å². The van der Waals surface area contributed by atoms with Crippen molar-refractivity contribution in [1.29, 1.82) is 0 Å². The van der Waals surface area contributed by atoms with Crippen LogP contribution in [0, 0.1) is 5.41 Å². The number of nitrogens with zero attached hydrogens (tertiary/aromatic N) is 3. The minimum absolute atomic E-state index is 0.192. The molecular formula is C22H23N3OS2. The van der Waals surface area contributed by atoms with E-state index in [9.17, 15) is 4.79 Å². The maximum Gasteiger partial charge on any atom is 0.231 e. The normalized spacial score (nSPS) is 25.2. The monoisotopic (exact) mass is 409 g/mol. The molecule has 4 heterocycles. The number of aromatic nitrogens is 1. The van der Waals surface area contributed by atoms with Gasteiger partial charge in [0.1, 0.15) is 0 Å². The highest BCUT2D eigenvalue weighted by Gasteiger charge is 2.57. The predicted octanol–water partition coefficient (Wildman–Crippen LogP) is 4.22. The Morgan fingerprint density at radius 1 is 1.07 bits per heavy atom. The Balaban J connectivity index is 1.41. The van der Waals surface area contributed by atoms with Crippen LogP contribution in [0.25, 0.3) is 0 Å². The molecule has 144 valence electrons. The molecule has 0 aliphatic carbocycles. The number of thiophene rings is 1. The third kappa shape index (κ3) is 3.19. The molecule has 0 bridgehead atoms. The third-order valence-corrected chi connectivity index (χ3v) is 7.83. The predicted molar refractivity (Wildman–Crippen MR) is 113 cm³/mol. The molecule has 1 amide bonds. The summed E-state index contributed by atoms with van der Waals surface area (Å²) in [6, 6.07) is 14.7. The van der Waals surface area contributed by atoms with Crippen molar-refractivity contribution >= 4 is 28.6 Å². The van der Waals surface area contributed by atoms with Crippen molar-refractivity contribution in [1.82, 2.24) is 14.8 Å². The van der Waals surface area contributed by atoms with Gasteiger partial charge in [-0.05, 0) is 23.4 Å². The summed E-state index contributed by atoms with van der Waals surface area (Å²) in [5.41, 5.74) is 0.975. The van der Waals surface area contributed by atoms with Gasteiger partial charge in [0.15, 0.2) is 0 Å². The fourth-order valence-electron chi connectivity index (χ4n) is 4.76.